The van der Waals surface area contributed by atoms with E-state index < -0.39 is 27.0 Å². The summed E-state index contributed by atoms with van der Waals surface area (Å²) >= 11 is 0. The molecule has 2 rings (SSSR count). The summed E-state index contributed by atoms with van der Waals surface area (Å²) in [6.07, 6.45) is 0.502. The highest BCUT2D eigenvalue weighted by Gasteiger charge is 2.69. The van der Waals surface area contributed by atoms with Gasteiger partial charge in [0, 0.05) is 0 Å². The van der Waals surface area contributed by atoms with Crippen LogP contribution in [0.4, 0.5) is 0 Å². The summed E-state index contributed by atoms with van der Waals surface area (Å²) in [7, 11) is -3.83. The van der Waals surface area contributed by atoms with Gasteiger partial charge in [-0.15, -0.1) is 13.2 Å². The Labute approximate surface area is 112 Å². The molecule has 0 aliphatic carbocycles. The third-order valence-electron chi connectivity index (χ3n) is 3.25. The number of sulfone groups is 1. The van der Waals surface area contributed by atoms with E-state index >= 15 is 0 Å². The maximum atomic E-state index is 12.6. The molecule has 1 N–H and O–H groups in total. The van der Waals surface area contributed by atoms with E-state index in [9.17, 15) is 13.5 Å². The molecule has 1 aliphatic heterocycles. The van der Waals surface area contributed by atoms with Crippen molar-refractivity contribution in [3.05, 3.63) is 55.1 Å². The van der Waals surface area contributed by atoms with Crippen molar-refractivity contribution in [2.24, 2.45) is 0 Å². The summed E-state index contributed by atoms with van der Waals surface area (Å²) in [6.45, 7) is 8.82. The molecule has 19 heavy (non-hydrogen) atoms. The van der Waals surface area contributed by atoms with Crippen LogP contribution in [0.2, 0.25) is 0 Å². The third-order valence-corrected chi connectivity index (χ3v) is 5.55. The number of benzene rings is 1. The molecule has 0 radical (unpaired) electrons. The van der Waals surface area contributed by atoms with Crippen LogP contribution in [0.15, 0.2) is 54.5 Å². The second kappa shape index (κ2) is 4.59. The van der Waals surface area contributed by atoms with Gasteiger partial charge in [0.2, 0.25) is 14.8 Å². The molecule has 0 aromatic heterocycles. The van der Waals surface area contributed by atoms with E-state index in [0.29, 0.717) is 0 Å². The number of hydrogen-bond donors (Lipinski definition) is 1. The van der Waals surface area contributed by atoms with Gasteiger partial charge in [0.15, 0.2) is 0 Å². The molecule has 102 valence electrons. The minimum absolute atomic E-state index is 0.114. The molecule has 0 amide bonds. The highest BCUT2D eigenvalue weighted by Crippen LogP contribution is 2.48. The maximum absolute atomic E-state index is 12.6. The lowest BCUT2D eigenvalue weighted by Crippen LogP contribution is -2.38. The van der Waals surface area contributed by atoms with Gasteiger partial charge in [-0.3, -0.25) is 0 Å². The predicted molar refractivity (Wildman–Crippen MR) is 72.4 cm³/mol. The van der Waals surface area contributed by atoms with Crippen LogP contribution in [0.1, 0.15) is 5.56 Å². The van der Waals surface area contributed by atoms with Gasteiger partial charge in [0.05, 0.1) is 4.90 Å². The highest BCUT2D eigenvalue weighted by molar-refractivity contribution is 7.93. The zero-order chi connectivity index (χ0) is 14.3. The Balaban J connectivity index is 2.51. The first-order valence-electron chi connectivity index (χ1n) is 5.82. The van der Waals surface area contributed by atoms with Gasteiger partial charge in [-0.2, -0.15) is 0 Å². The molecule has 4 nitrogen and oxygen atoms in total. The number of aliphatic hydroxyl groups excluding tert-OH is 1. The molecule has 0 unspecified atom stereocenters. The Kier molecular flexibility index (Phi) is 3.38. The SMILES string of the molecule is C=C[C@@H](O)[C@@]1(S(=O)(=O)c2ccc(C)cc2)O[C@H]1C=C. The topological polar surface area (TPSA) is 66.9 Å². The lowest BCUT2D eigenvalue weighted by molar-refractivity contribution is 0.156. The van der Waals surface area contributed by atoms with Crippen LogP contribution in [0.3, 0.4) is 0 Å². The van der Waals surface area contributed by atoms with Crippen molar-refractivity contribution in [3.63, 3.8) is 0 Å². The van der Waals surface area contributed by atoms with E-state index in [-0.39, 0.29) is 4.90 Å². The largest absolute Gasteiger partial charge is 0.385 e. The summed E-state index contributed by atoms with van der Waals surface area (Å²) in [5, 5.41) is 9.93. The van der Waals surface area contributed by atoms with Gasteiger partial charge >= 0.3 is 0 Å². The Bertz CT molecular complexity index is 603. The van der Waals surface area contributed by atoms with Gasteiger partial charge in [-0.1, -0.05) is 29.8 Å². The molecule has 1 aromatic carbocycles. The standard InChI is InChI=1S/C14H16O4S/c1-4-12(15)14(13(5-2)18-14)19(16,17)11-8-6-10(3)7-9-11/h4-9,12-13,15H,1-2H2,3H3/t12-,13+,14+/m1/s1. The van der Waals surface area contributed by atoms with Crippen molar-refractivity contribution in [2.75, 3.05) is 0 Å². The normalized spacial score (nSPS) is 27.6. The fourth-order valence-electron chi connectivity index (χ4n) is 2.06. The number of epoxide rings is 1. The first-order valence-corrected chi connectivity index (χ1v) is 7.30. The van der Waals surface area contributed by atoms with Crippen LogP contribution < -0.4 is 0 Å². The van der Waals surface area contributed by atoms with Gasteiger partial charge in [0.1, 0.15) is 12.2 Å². The number of hydrogen-bond acceptors (Lipinski definition) is 4. The number of aryl methyl sites for hydroxylation is 1. The summed E-state index contributed by atoms with van der Waals surface area (Å²) in [6, 6.07) is 6.41. The van der Waals surface area contributed by atoms with Crippen molar-refractivity contribution in [3.8, 4) is 0 Å². The van der Waals surface area contributed by atoms with Crippen LogP contribution in [0.5, 0.6) is 0 Å². The first kappa shape index (κ1) is 14.0. The summed E-state index contributed by atoms with van der Waals surface area (Å²) in [4.78, 5) is -1.57. The number of ether oxygens (including phenoxy) is 1. The Morgan fingerprint density at radius 3 is 2.37 bits per heavy atom. The van der Waals surface area contributed by atoms with E-state index in [2.05, 4.69) is 13.2 Å². The molecule has 0 bridgehead atoms. The van der Waals surface area contributed by atoms with E-state index in [1.165, 1.54) is 18.2 Å². The minimum Gasteiger partial charge on any atom is -0.385 e. The number of aliphatic hydroxyl groups is 1. The average molecular weight is 280 g/mol. The molecule has 3 atom stereocenters. The van der Waals surface area contributed by atoms with Crippen LogP contribution in [0.25, 0.3) is 0 Å². The van der Waals surface area contributed by atoms with E-state index in [0.717, 1.165) is 11.6 Å². The lowest BCUT2D eigenvalue weighted by Gasteiger charge is -2.17. The second-order valence-corrected chi connectivity index (χ2v) is 6.61. The quantitative estimate of drug-likeness (QED) is 0.657. The lowest BCUT2D eigenvalue weighted by atomic mass is 10.2. The first-order chi connectivity index (χ1) is 8.90. The molecule has 1 saturated heterocycles. The summed E-state index contributed by atoms with van der Waals surface area (Å²) in [5.41, 5.74) is 0.953. The molecular formula is C14H16O4S. The molecule has 0 spiro atoms. The molecule has 1 aliphatic rings. The third kappa shape index (κ3) is 1.94. The molecule has 1 fully saturated rings. The van der Waals surface area contributed by atoms with Crippen molar-refractivity contribution in [1.29, 1.82) is 0 Å². The monoisotopic (exact) mass is 280 g/mol. The van der Waals surface area contributed by atoms with Gasteiger partial charge in [-0.05, 0) is 19.1 Å². The predicted octanol–water partition coefficient (Wildman–Crippen LogP) is 1.60. The van der Waals surface area contributed by atoms with E-state index in [1.54, 1.807) is 12.1 Å². The Hall–Kier alpha value is -1.43. The molecule has 5 heteroatoms. The van der Waals surface area contributed by atoms with Gasteiger partial charge < -0.3 is 9.84 Å². The molecule has 0 saturated carbocycles. The molecule has 1 aromatic rings. The van der Waals surface area contributed by atoms with Gasteiger partial charge in [0.25, 0.3) is 0 Å². The zero-order valence-corrected chi connectivity index (χ0v) is 11.4. The van der Waals surface area contributed by atoms with Crippen molar-refractivity contribution >= 4 is 9.84 Å². The fourth-order valence-corrected chi connectivity index (χ4v) is 3.97. The Morgan fingerprint density at radius 2 is 1.95 bits per heavy atom. The van der Waals surface area contributed by atoms with Crippen LogP contribution in [0, 0.1) is 6.92 Å². The molecular weight excluding hydrogens is 264 g/mol. The van der Waals surface area contributed by atoms with Crippen LogP contribution >= 0.6 is 0 Å². The van der Waals surface area contributed by atoms with Crippen LogP contribution in [-0.2, 0) is 14.6 Å². The summed E-state index contributed by atoms with van der Waals surface area (Å²) in [5.74, 6) is 0. The van der Waals surface area contributed by atoms with E-state index in [4.69, 9.17) is 4.74 Å². The second-order valence-electron chi connectivity index (χ2n) is 4.49. The fraction of sp³-hybridized carbons (Fsp3) is 0.286. The van der Waals surface area contributed by atoms with E-state index in [1.807, 2.05) is 6.92 Å². The number of rotatable bonds is 5. The van der Waals surface area contributed by atoms with Crippen molar-refractivity contribution in [2.45, 2.75) is 29.0 Å². The van der Waals surface area contributed by atoms with Crippen molar-refractivity contribution < 1.29 is 18.3 Å². The average Bonchev–Trinajstić information content (AvgIpc) is 3.14. The highest BCUT2D eigenvalue weighted by atomic mass is 32.2. The van der Waals surface area contributed by atoms with Crippen LogP contribution in [-0.4, -0.2) is 30.7 Å². The zero-order valence-electron chi connectivity index (χ0n) is 10.6. The Morgan fingerprint density at radius 1 is 1.37 bits per heavy atom. The maximum Gasteiger partial charge on any atom is 0.233 e. The minimum atomic E-state index is -3.83. The smallest absolute Gasteiger partial charge is 0.233 e. The molecule has 1 heterocycles. The summed E-state index contributed by atoms with van der Waals surface area (Å²) < 4.78 is 30.5. The van der Waals surface area contributed by atoms with Crippen molar-refractivity contribution in [1.82, 2.24) is 0 Å². The van der Waals surface area contributed by atoms with Gasteiger partial charge in [-0.25, -0.2) is 8.42 Å².